The van der Waals surface area contributed by atoms with Gasteiger partial charge in [0.25, 0.3) is 5.91 Å². The van der Waals surface area contributed by atoms with Crippen LogP contribution in [0.2, 0.25) is 0 Å². The van der Waals surface area contributed by atoms with E-state index in [0.717, 1.165) is 18.5 Å². The quantitative estimate of drug-likeness (QED) is 0.778. The lowest BCUT2D eigenvalue weighted by Gasteiger charge is -2.19. The van der Waals surface area contributed by atoms with E-state index in [-0.39, 0.29) is 5.91 Å². The Morgan fingerprint density at radius 3 is 2.06 bits per heavy atom. The molecule has 1 amide bonds. The minimum atomic E-state index is 0.111. The molecule has 0 saturated carbocycles. The molecule has 2 heteroatoms. The van der Waals surface area contributed by atoms with Crippen LogP contribution < -0.4 is 0 Å². The van der Waals surface area contributed by atoms with Gasteiger partial charge in [0.15, 0.2) is 0 Å². The van der Waals surface area contributed by atoms with Gasteiger partial charge in [0.05, 0.1) is 0 Å². The summed E-state index contributed by atoms with van der Waals surface area (Å²) in [7, 11) is 1.87. The second-order valence-electron chi connectivity index (χ2n) is 5.87. The number of carbonyl (C=O) groups is 1. The SMILES string of the molecule is CC(C)Cc1ccc(C(=O)N(C)CC(C)C)cc1. The summed E-state index contributed by atoms with van der Waals surface area (Å²) >= 11 is 0. The van der Waals surface area contributed by atoms with E-state index in [0.29, 0.717) is 11.8 Å². The number of benzene rings is 1. The summed E-state index contributed by atoms with van der Waals surface area (Å²) in [6.45, 7) is 9.45. The van der Waals surface area contributed by atoms with Gasteiger partial charge in [-0.05, 0) is 36.0 Å². The first-order valence-corrected chi connectivity index (χ1v) is 6.74. The number of hydrogen-bond donors (Lipinski definition) is 0. The van der Waals surface area contributed by atoms with Crippen molar-refractivity contribution in [2.24, 2.45) is 11.8 Å². The van der Waals surface area contributed by atoms with E-state index in [9.17, 15) is 4.79 Å². The van der Waals surface area contributed by atoms with Crippen molar-refractivity contribution in [3.63, 3.8) is 0 Å². The zero-order valence-electron chi connectivity index (χ0n) is 12.2. The summed E-state index contributed by atoms with van der Waals surface area (Å²) < 4.78 is 0. The summed E-state index contributed by atoms with van der Waals surface area (Å²) in [5, 5.41) is 0. The topological polar surface area (TPSA) is 20.3 Å². The third-order valence-electron chi connectivity index (χ3n) is 2.83. The molecule has 18 heavy (non-hydrogen) atoms. The number of rotatable bonds is 5. The normalized spacial score (nSPS) is 11.1. The Balaban J connectivity index is 2.69. The smallest absolute Gasteiger partial charge is 0.253 e. The van der Waals surface area contributed by atoms with E-state index in [2.05, 4.69) is 39.8 Å². The maximum atomic E-state index is 12.1. The van der Waals surface area contributed by atoms with Crippen LogP contribution in [0.4, 0.5) is 0 Å². The van der Waals surface area contributed by atoms with Crippen LogP contribution in [0.25, 0.3) is 0 Å². The van der Waals surface area contributed by atoms with Crippen LogP contribution in [-0.2, 0) is 6.42 Å². The molecule has 0 fully saturated rings. The average molecular weight is 247 g/mol. The Bertz CT molecular complexity index is 379. The Morgan fingerprint density at radius 1 is 1.06 bits per heavy atom. The van der Waals surface area contributed by atoms with Crippen LogP contribution in [-0.4, -0.2) is 24.4 Å². The molecule has 1 aromatic rings. The molecule has 1 rings (SSSR count). The van der Waals surface area contributed by atoms with Gasteiger partial charge >= 0.3 is 0 Å². The fourth-order valence-electron chi connectivity index (χ4n) is 2.11. The lowest BCUT2D eigenvalue weighted by molar-refractivity contribution is 0.0779. The predicted octanol–water partition coefficient (Wildman–Crippen LogP) is 3.61. The largest absolute Gasteiger partial charge is 0.341 e. The molecule has 0 saturated heterocycles. The van der Waals surface area contributed by atoms with E-state index >= 15 is 0 Å². The third kappa shape index (κ3) is 4.52. The van der Waals surface area contributed by atoms with Gasteiger partial charge in [0.2, 0.25) is 0 Å². The van der Waals surface area contributed by atoms with Crippen molar-refractivity contribution in [1.29, 1.82) is 0 Å². The standard InChI is InChI=1S/C16H25NO/c1-12(2)10-14-6-8-15(9-7-14)16(18)17(5)11-13(3)4/h6-9,12-13H,10-11H2,1-5H3. The first-order valence-electron chi connectivity index (χ1n) is 6.74. The highest BCUT2D eigenvalue weighted by atomic mass is 16.2. The van der Waals surface area contributed by atoms with Gasteiger partial charge in [-0.25, -0.2) is 0 Å². The van der Waals surface area contributed by atoms with Gasteiger partial charge in [-0.1, -0.05) is 39.8 Å². The van der Waals surface area contributed by atoms with Crippen molar-refractivity contribution in [2.45, 2.75) is 34.1 Å². The molecule has 0 aliphatic heterocycles. The van der Waals surface area contributed by atoms with Crippen molar-refractivity contribution in [1.82, 2.24) is 4.90 Å². The summed E-state index contributed by atoms with van der Waals surface area (Å²) in [5.74, 6) is 1.26. The van der Waals surface area contributed by atoms with Gasteiger partial charge in [-0.15, -0.1) is 0 Å². The van der Waals surface area contributed by atoms with Crippen LogP contribution in [0, 0.1) is 11.8 Å². The molecule has 0 aromatic heterocycles. The predicted molar refractivity (Wildman–Crippen MR) is 76.8 cm³/mol. The van der Waals surface area contributed by atoms with E-state index in [1.54, 1.807) is 4.90 Å². The van der Waals surface area contributed by atoms with E-state index < -0.39 is 0 Å². The van der Waals surface area contributed by atoms with Crippen LogP contribution in [0.15, 0.2) is 24.3 Å². The first kappa shape index (κ1) is 14.7. The number of hydrogen-bond acceptors (Lipinski definition) is 1. The van der Waals surface area contributed by atoms with E-state index in [1.165, 1.54) is 5.56 Å². The minimum Gasteiger partial charge on any atom is -0.341 e. The highest BCUT2D eigenvalue weighted by Crippen LogP contribution is 2.11. The first-order chi connectivity index (χ1) is 8.40. The molecule has 0 aliphatic rings. The number of nitrogens with zero attached hydrogens (tertiary/aromatic N) is 1. The van der Waals surface area contributed by atoms with Crippen molar-refractivity contribution in [3.05, 3.63) is 35.4 Å². The molecule has 0 N–H and O–H groups in total. The fourth-order valence-corrected chi connectivity index (χ4v) is 2.11. The molecule has 100 valence electrons. The lowest BCUT2D eigenvalue weighted by Crippen LogP contribution is -2.30. The molecule has 0 unspecified atom stereocenters. The van der Waals surface area contributed by atoms with Gasteiger partial charge in [0, 0.05) is 19.2 Å². The van der Waals surface area contributed by atoms with E-state index in [4.69, 9.17) is 0 Å². The lowest BCUT2D eigenvalue weighted by atomic mass is 10.0. The van der Waals surface area contributed by atoms with Crippen LogP contribution >= 0.6 is 0 Å². The highest BCUT2D eigenvalue weighted by Gasteiger charge is 2.12. The summed E-state index contributed by atoms with van der Waals surface area (Å²) in [5.41, 5.74) is 2.08. The minimum absolute atomic E-state index is 0.111. The van der Waals surface area contributed by atoms with Gasteiger partial charge < -0.3 is 4.90 Å². The molecule has 0 heterocycles. The monoisotopic (exact) mass is 247 g/mol. The van der Waals surface area contributed by atoms with Crippen molar-refractivity contribution in [2.75, 3.05) is 13.6 Å². The summed E-state index contributed by atoms with van der Waals surface area (Å²) in [6.07, 6.45) is 1.07. The zero-order valence-corrected chi connectivity index (χ0v) is 12.2. The Kier molecular flexibility index (Phi) is 5.39. The fraction of sp³-hybridized carbons (Fsp3) is 0.562. The van der Waals surface area contributed by atoms with Crippen molar-refractivity contribution in [3.8, 4) is 0 Å². The Hall–Kier alpha value is -1.31. The van der Waals surface area contributed by atoms with Gasteiger partial charge in [0.1, 0.15) is 0 Å². The maximum absolute atomic E-state index is 12.1. The van der Waals surface area contributed by atoms with Crippen LogP contribution in [0.5, 0.6) is 0 Å². The third-order valence-corrected chi connectivity index (χ3v) is 2.83. The zero-order chi connectivity index (χ0) is 13.7. The second-order valence-corrected chi connectivity index (χ2v) is 5.87. The molecule has 0 spiro atoms. The van der Waals surface area contributed by atoms with Gasteiger partial charge in [-0.2, -0.15) is 0 Å². The highest BCUT2D eigenvalue weighted by molar-refractivity contribution is 5.94. The molecule has 0 radical (unpaired) electrons. The maximum Gasteiger partial charge on any atom is 0.253 e. The summed E-state index contributed by atoms with van der Waals surface area (Å²) in [6, 6.07) is 8.01. The molecule has 0 bridgehead atoms. The van der Waals surface area contributed by atoms with Crippen molar-refractivity contribution < 1.29 is 4.79 Å². The second kappa shape index (κ2) is 6.58. The van der Waals surface area contributed by atoms with Crippen molar-refractivity contribution >= 4 is 5.91 Å². The molecular formula is C16H25NO. The average Bonchev–Trinajstić information content (AvgIpc) is 2.27. The Morgan fingerprint density at radius 2 is 1.61 bits per heavy atom. The Labute approximate surface area is 111 Å². The van der Waals surface area contributed by atoms with Gasteiger partial charge in [-0.3, -0.25) is 4.79 Å². The number of carbonyl (C=O) groups excluding carboxylic acids is 1. The molecule has 1 aromatic carbocycles. The molecule has 0 atom stereocenters. The van der Waals surface area contributed by atoms with E-state index in [1.807, 2.05) is 19.2 Å². The molecular weight excluding hydrogens is 222 g/mol. The number of amides is 1. The summed E-state index contributed by atoms with van der Waals surface area (Å²) in [4.78, 5) is 13.9. The molecule has 0 aliphatic carbocycles. The van der Waals surface area contributed by atoms with Crippen LogP contribution in [0.3, 0.4) is 0 Å². The van der Waals surface area contributed by atoms with Crippen LogP contribution in [0.1, 0.15) is 43.6 Å². The molecule has 2 nitrogen and oxygen atoms in total.